The van der Waals surface area contributed by atoms with E-state index in [4.69, 9.17) is 15.6 Å². The van der Waals surface area contributed by atoms with E-state index in [0.29, 0.717) is 5.69 Å². The van der Waals surface area contributed by atoms with Crippen molar-refractivity contribution in [3.8, 4) is 0 Å². The highest BCUT2D eigenvalue weighted by molar-refractivity contribution is 7.09. The summed E-state index contributed by atoms with van der Waals surface area (Å²) in [5.74, 6) is -3.22. The molecule has 0 aliphatic carbocycles. The summed E-state index contributed by atoms with van der Waals surface area (Å²) in [6.07, 6.45) is -5.08. The average molecular weight is 256 g/mol. The molecule has 9 heteroatoms. The Morgan fingerprint density at radius 2 is 1.94 bits per heavy atom. The van der Waals surface area contributed by atoms with Gasteiger partial charge in [-0.1, -0.05) is 0 Å². The third kappa shape index (κ3) is 5.29. The molecule has 0 saturated carbocycles. The van der Waals surface area contributed by atoms with E-state index in [9.17, 15) is 18.0 Å². The minimum atomic E-state index is -5.08. The van der Waals surface area contributed by atoms with Crippen molar-refractivity contribution < 1.29 is 27.9 Å². The van der Waals surface area contributed by atoms with Gasteiger partial charge in [-0.25, -0.2) is 9.78 Å². The molecule has 90 valence electrons. The lowest BCUT2D eigenvalue weighted by atomic mass is 10.5. The van der Waals surface area contributed by atoms with Crippen molar-refractivity contribution >= 4 is 23.2 Å². The van der Waals surface area contributed by atoms with Gasteiger partial charge in [-0.05, 0) is 6.92 Å². The first-order chi connectivity index (χ1) is 7.14. The van der Waals surface area contributed by atoms with E-state index in [0.717, 1.165) is 5.01 Å². The van der Waals surface area contributed by atoms with Crippen molar-refractivity contribution in [1.82, 2.24) is 4.98 Å². The number of rotatable bonds is 1. The second-order valence-electron chi connectivity index (χ2n) is 2.42. The van der Waals surface area contributed by atoms with Gasteiger partial charge < -0.3 is 10.8 Å². The number of aromatic nitrogens is 1. The Kier molecular flexibility index (Phi) is 4.89. The van der Waals surface area contributed by atoms with Crippen LogP contribution in [-0.2, 0) is 4.79 Å². The van der Waals surface area contributed by atoms with Crippen LogP contribution < -0.4 is 5.73 Å². The molecule has 0 aliphatic rings. The summed E-state index contributed by atoms with van der Waals surface area (Å²) in [6.45, 7) is 1.83. The predicted molar refractivity (Wildman–Crippen MR) is 49.1 cm³/mol. The van der Waals surface area contributed by atoms with Gasteiger partial charge in [0.1, 0.15) is 5.69 Å². The van der Waals surface area contributed by atoms with Crippen molar-refractivity contribution in [1.29, 1.82) is 0 Å². The highest BCUT2D eigenvalue weighted by atomic mass is 32.1. The quantitative estimate of drug-likeness (QED) is 0.789. The Hall–Kier alpha value is -1.64. The summed E-state index contributed by atoms with van der Waals surface area (Å²) in [6, 6.07) is 0. The zero-order valence-electron chi connectivity index (χ0n) is 7.91. The van der Waals surface area contributed by atoms with Crippen LogP contribution in [0.3, 0.4) is 0 Å². The number of nitrogens with zero attached hydrogens (tertiary/aromatic N) is 1. The second-order valence-corrected chi connectivity index (χ2v) is 3.48. The number of halogens is 3. The van der Waals surface area contributed by atoms with Gasteiger partial charge in [-0.2, -0.15) is 13.2 Å². The van der Waals surface area contributed by atoms with Crippen LogP contribution in [0.15, 0.2) is 5.38 Å². The smallest absolute Gasteiger partial charge is 0.475 e. The lowest BCUT2D eigenvalue weighted by Crippen LogP contribution is -2.21. The van der Waals surface area contributed by atoms with Gasteiger partial charge in [-0.3, -0.25) is 4.79 Å². The molecule has 1 aromatic heterocycles. The van der Waals surface area contributed by atoms with Crippen molar-refractivity contribution in [3.05, 3.63) is 16.1 Å². The maximum Gasteiger partial charge on any atom is 0.490 e. The van der Waals surface area contributed by atoms with Crippen LogP contribution >= 0.6 is 11.3 Å². The predicted octanol–water partition coefficient (Wildman–Crippen LogP) is 1.18. The monoisotopic (exact) mass is 256 g/mol. The Morgan fingerprint density at radius 3 is 2.06 bits per heavy atom. The number of hydrogen-bond acceptors (Lipinski definition) is 4. The molecule has 0 aromatic carbocycles. The number of thiazole rings is 1. The Morgan fingerprint density at radius 1 is 1.50 bits per heavy atom. The molecule has 16 heavy (non-hydrogen) atoms. The minimum absolute atomic E-state index is 0.359. The van der Waals surface area contributed by atoms with Crippen LogP contribution in [0.4, 0.5) is 13.2 Å². The van der Waals surface area contributed by atoms with Crippen molar-refractivity contribution in [2.75, 3.05) is 0 Å². The summed E-state index contributed by atoms with van der Waals surface area (Å²) in [5.41, 5.74) is 5.29. The molecule has 1 rings (SSSR count). The third-order valence-corrected chi connectivity index (χ3v) is 1.89. The van der Waals surface area contributed by atoms with E-state index in [-0.39, 0.29) is 0 Å². The highest BCUT2D eigenvalue weighted by Crippen LogP contribution is 2.13. The molecule has 1 aromatic rings. The van der Waals surface area contributed by atoms with Gasteiger partial charge >= 0.3 is 12.1 Å². The van der Waals surface area contributed by atoms with Crippen molar-refractivity contribution in [3.63, 3.8) is 0 Å². The second kappa shape index (κ2) is 5.45. The lowest BCUT2D eigenvalue weighted by Gasteiger charge is -1.93. The molecule has 0 atom stereocenters. The zero-order valence-corrected chi connectivity index (χ0v) is 8.72. The molecule has 0 aliphatic heterocycles. The fourth-order valence-electron chi connectivity index (χ4n) is 0.477. The van der Waals surface area contributed by atoms with E-state index >= 15 is 0 Å². The average Bonchev–Trinajstić information content (AvgIpc) is 2.51. The fourth-order valence-corrected chi connectivity index (χ4v) is 1.08. The normalized spacial score (nSPS) is 10.2. The molecule has 0 unspecified atom stereocenters. The van der Waals surface area contributed by atoms with Gasteiger partial charge in [0.15, 0.2) is 0 Å². The molecule has 0 bridgehead atoms. The number of aliphatic carboxylic acids is 1. The number of aryl methyl sites for hydroxylation is 1. The number of carboxylic acids is 1. The van der Waals surface area contributed by atoms with Gasteiger partial charge in [0.25, 0.3) is 5.91 Å². The Labute approximate surface area is 91.7 Å². The molecule has 0 fully saturated rings. The maximum atomic E-state index is 10.6. The number of amides is 1. The van der Waals surface area contributed by atoms with Gasteiger partial charge in [0.05, 0.1) is 5.01 Å². The summed E-state index contributed by atoms with van der Waals surface area (Å²) >= 11 is 1.42. The van der Waals surface area contributed by atoms with Crippen LogP contribution in [0.5, 0.6) is 0 Å². The lowest BCUT2D eigenvalue weighted by molar-refractivity contribution is -0.192. The van der Waals surface area contributed by atoms with E-state index in [1.807, 2.05) is 6.92 Å². The van der Waals surface area contributed by atoms with Crippen LogP contribution in [0.1, 0.15) is 15.5 Å². The van der Waals surface area contributed by atoms with E-state index in [1.54, 1.807) is 5.38 Å². The molecule has 3 N–H and O–H groups in total. The third-order valence-electron chi connectivity index (χ3n) is 1.11. The summed E-state index contributed by atoms with van der Waals surface area (Å²) in [4.78, 5) is 23.1. The minimum Gasteiger partial charge on any atom is -0.475 e. The van der Waals surface area contributed by atoms with Gasteiger partial charge in [0, 0.05) is 5.38 Å². The van der Waals surface area contributed by atoms with E-state index in [2.05, 4.69) is 4.98 Å². The number of nitrogens with two attached hydrogens (primary N) is 1. The number of carbonyl (C=O) groups excluding carboxylic acids is 1. The first-order valence-electron chi connectivity index (χ1n) is 3.66. The Balaban J connectivity index is 0.000000293. The topological polar surface area (TPSA) is 93.3 Å². The summed E-state index contributed by atoms with van der Waals surface area (Å²) in [5, 5.41) is 9.64. The summed E-state index contributed by atoms with van der Waals surface area (Å²) in [7, 11) is 0. The SMILES string of the molecule is Cc1nc(C(N)=O)cs1.O=C(O)C(F)(F)F. The first-order valence-corrected chi connectivity index (χ1v) is 4.54. The highest BCUT2D eigenvalue weighted by Gasteiger charge is 2.38. The number of alkyl halides is 3. The van der Waals surface area contributed by atoms with Gasteiger partial charge in [-0.15, -0.1) is 11.3 Å². The van der Waals surface area contributed by atoms with Crippen molar-refractivity contribution in [2.24, 2.45) is 5.73 Å². The molecular weight excluding hydrogens is 249 g/mol. The van der Waals surface area contributed by atoms with Crippen LogP contribution in [-0.4, -0.2) is 28.1 Å². The van der Waals surface area contributed by atoms with Crippen LogP contribution in [0.2, 0.25) is 0 Å². The number of hydrogen-bond donors (Lipinski definition) is 2. The number of primary amides is 1. The van der Waals surface area contributed by atoms with Crippen LogP contribution in [0, 0.1) is 6.92 Å². The molecule has 0 saturated heterocycles. The van der Waals surface area contributed by atoms with E-state index in [1.165, 1.54) is 11.3 Å². The molecular formula is C7H7F3N2O3S. The van der Waals surface area contributed by atoms with Crippen LogP contribution in [0.25, 0.3) is 0 Å². The molecule has 1 heterocycles. The van der Waals surface area contributed by atoms with Crippen molar-refractivity contribution in [2.45, 2.75) is 13.1 Å². The molecule has 0 spiro atoms. The fraction of sp³-hybridized carbons (Fsp3) is 0.286. The maximum absolute atomic E-state index is 10.6. The Bertz CT molecular complexity index is 388. The van der Waals surface area contributed by atoms with E-state index < -0.39 is 18.1 Å². The number of carboxylic acid groups (broad SMARTS) is 1. The molecule has 5 nitrogen and oxygen atoms in total. The number of carbonyl (C=O) groups is 2. The largest absolute Gasteiger partial charge is 0.490 e. The zero-order chi connectivity index (χ0) is 12.9. The standard InChI is InChI=1S/C5H6N2OS.C2HF3O2/c1-3-7-4(2-9-3)5(6)8;3-2(4,5)1(6)7/h2H,1H3,(H2,6,8);(H,6,7). The first kappa shape index (κ1) is 14.4. The van der Waals surface area contributed by atoms with Gasteiger partial charge in [0.2, 0.25) is 0 Å². The summed E-state index contributed by atoms with van der Waals surface area (Å²) < 4.78 is 31.7. The molecule has 0 radical (unpaired) electrons. The molecule has 1 amide bonds.